The van der Waals surface area contributed by atoms with Gasteiger partial charge in [0.25, 0.3) is 0 Å². The monoisotopic (exact) mass is 518 g/mol. The highest BCUT2D eigenvalue weighted by Gasteiger charge is 2.58. The molecule has 0 spiro atoms. The Morgan fingerprint density at radius 3 is 2.59 bits per heavy atom. The van der Waals surface area contributed by atoms with Crippen molar-refractivity contribution in [1.29, 1.82) is 0 Å². The van der Waals surface area contributed by atoms with Gasteiger partial charge in [-0.15, -0.1) is 0 Å². The minimum Gasteiger partial charge on any atom is -0.444 e. The SMILES string of the molecule is CC(C)(C)OC(=O)NC1=NC2(c3cccc(-c4cccnc4F)c3)CN(c3ccccc3)CC2(C)CS1. The van der Waals surface area contributed by atoms with Gasteiger partial charge in [-0.1, -0.05) is 55.1 Å². The Bertz CT molecular complexity index is 1340. The fraction of sp³-hybridized carbons (Fsp3) is 0.345. The maximum absolute atomic E-state index is 14.6. The average Bonchev–Trinajstić information content (AvgIpc) is 3.18. The molecule has 1 aromatic heterocycles. The number of aliphatic imine (C=N–C) groups is 1. The van der Waals surface area contributed by atoms with E-state index in [9.17, 15) is 9.18 Å². The lowest BCUT2D eigenvalue weighted by atomic mass is 9.70. The van der Waals surface area contributed by atoms with Crippen LogP contribution in [0.4, 0.5) is 14.9 Å². The summed E-state index contributed by atoms with van der Waals surface area (Å²) in [5, 5.41) is 3.40. The molecule has 0 radical (unpaired) electrons. The number of thioether (sulfide) groups is 1. The van der Waals surface area contributed by atoms with E-state index >= 15 is 0 Å². The lowest BCUT2D eigenvalue weighted by Gasteiger charge is -2.43. The van der Waals surface area contributed by atoms with E-state index in [4.69, 9.17) is 9.73 Å². The van der Waals surface area contributed by atoms with Gasteiger partial charge in [0, 0.05) is 41.7 Å². The van der Waals surface area contributed by atoms with E-state index in [0.717, 1.165) is 29.1 Å². The average molecular weight is 519 g/mol. The van der Waals surface area contributed by atoms with Crippen LogP contribution < -0.4 is 10.2 Å². The molecule has 5 rings (SSSR count). The van der Waals surface area contributed by atoms with Gasteiger partial charge in [-0.2, -0.15) is 4.39 Å². The van der Waals surface area contributed by atoms with Gasteiger partial charge in [-0.3, -0.25) is 5.32 Å². The van der Waals surface area contributed by atoms with E-state index in [2.05, 4.69) is 40.3 Å². The van der Waals surface area contributed by atoms with Gasteiger partial charge in [0.15, 0.2) is 5.17 Å². The van der Waals surface area contributed by atoms with Gasteiger partial charge in [0.2, 0.25) is 5.95 Å². The molecular weight excluding hydrogens is 487 g/mol. The third kappa shape index (κ3) is 4.94. The third-order valence-corrected chi connectivity index (χ3v) is 8.17. The molecule has 2 aliphatic rings. The van der Waals surface area contributed by atoms with Crippen LogP contribution in [0.25, 0.3) is 11.1 Å². The number of nitrogens with zero attached hydrogens (tertiary/aromatic N) is 3. The Labute approximate surface area is 221 Å². The topological polar surface area (TPSA) is 66.8 Å². The number of para-hydroxylation sites is 1. The first-order chi connectivity index (χ1) is 17.6. The van der Waals surface area contributed by atoms with Crippen molar-refractivity contribution in [3.8, 4) is 11.1 Å². The first-order valence-electron chi connectivity index (χ1n) is 12.3. The summed E-state index contributed by atoms with van der Waals surface area (Å²) in [5.41, 5.74) is 1.74. The molecule has 0 aliphatic carbocycles. The fourth-order valence-corrected chi connectivity index (χ4v) is 6.33. The Balaban J connectivity index is 1.60. The van der Waals surface area contributed by atoms with E-state index in [1.165, 1.54) is 18.0 Å². The van der Waals surface area contributed by atoms with Crippen LogP contribution in [0.1, 0.15) is 33.3 Å². The largest absolute Gasteiger partial charge is 0.444 e. The summed E-state index contributed by atoms with van der Waals surface area (Å²) in [6.45, 7) is 9.15. The number of amides is 1. The van der Waals surface area contributed by atoms with E-state index in [-0.39, 0.29) is 5.41 Å². The number of benzene rings is 2. The van der Waals surface area contributed by atoms with Crippen LogP contribution in [-0.4, -0.2) is 40.7 Å². The zero-order chi connectivity index (χ0) is 26.3. The highest BCUT2D eigenvalue weighted by molar-refractivity contribution is 8.13. The molecule has 6 nitrogen and oxygen atoms in total. The number of halogens is 1. The van der Waals surface area contributed by atoms with E-state index in [1.807, 2.05) is 57.2 Å². The second-order valence-electron chi connectivity index (χ2n) is 10.9. The molecular formula is C29H31FN4O2S. The maximum atomic E-state index is 14.6. The molecule has 1 fully saturated rings. The Hall–Kier alpha value is -3.39. The molecule has 1 amide bonds. The molecule has 3 aromatic rings. The van der Waals surface area contributed by atoms with Crippen molar-refractivity contribution >= 4 is 28.7 Å². The Morgan fingerprint density at radius 2 is 1.86 bits per heavy atom. The summed E-state index contributed by atoms with van der Waals surface area (Å²) in [4.78, 5) is 24.0. The van der Waals surface area contributed by atoms with Gasteiger partial charge in [-0.25, -0.2) is 14.8 Å². The number of hydrogen-bond donors (Lipinski definition) is 1. The minimum absolute atomic E-state index is 0.251. The van der Waals surface area contributed by atoms with Crippen molar-refractivity contribution in [1.82, 2.24) is 10.3 Å². The minimum atomic E-state index is -0.673. The number of nitrogens with one attached hydrogen (secondary N) is 1. The van der Waals surface area contributed by atoms with E-state index in [1.54, 1.807) is 12.1 Å². The van der Waals surface area contributed by atoms with Gasteiger partial charge in [-0.05, 0) is 62.2 Å². The van der Waals surface area contributed by atoms with Crippen LogP contribution in [0.15, 0.2) is 77.9 Å². The predicted molar refractivity (Wildman–Crippen MR) is 147 cm³/mol. The second kappa shape index (κ2) is 9.49. The van der Waals surface area contributed by atoms with Crippen molar-refractivity contribution in [3.63, 3.8) is 0 Å². The Kier molecular flexibility index (Phi) is 6.48. The van der Waals surface area contributed by atoms with Crippen molar-refractivity contribution in [2.45, 2.75) is 38.8 Å². The normalized spacial score (nSPS) is 23.3. The highest BCUT2D eigenvalue weighted by Crippen LogP contribution is 2.54. The predicted octanol–water partition coefficient (Wildman–Crippen LogP) is 6.24. The number of hydrogen-bond acceptors (Lipinski definition) is 6. The number of pyridine rings is 1. The van der Waals surface area contributed by atoms with Crippen LogP contribution in [0.3, 0.4) is 0 Å². The first-order valence-corrected chi connectivity index (χ1v) is 13.3. The summed E-state index contributed by atoms with van der Waals surface area (Å²) in [6, 6.07) is 21.6. The van der Waals surface area contributed by atoms with Gasteiger partial charge >= 0.3 is 6.09 Å². The van der Waals surface area contributed by atoms with E-state index in [0.29, 0.717) is 17.3 Å². The molecule has 2 unspecified atom stereocenters. The van der Waals surface area contributed by atoms with E-state index < -0.39 is 23.2 Å². The van der Waals surface area contributed by atoms with Crippen LogP contribution in [0.5, 0.6) is 0 Å². The second-order valence-corrected chi connectivity index (χ2v) is 11.8. The zero-order valence-corrected chi connectivity index (χ0v) is 22.3. The lowest BCUT2D eigenvalue weighted by Crippen LogP contribution is -2.49. The molecule has 8 heteroatoms. The van der Waals surface area contributed by atoms with Gasteiger partial charge in [0.1, 0.15) is 11.1 Å². The molecule has 0 saturated carbocycles. The number of fused-ring (bicyclic) bond motifs is 1. The van der Waals surface area contributed by atoms with Crippen molar-refractivity contribution < 1.29 is 13.9 Å². The number of anilines is 1. The molecule has 2 aromatic carbocycles. The third-order valence-electron chi connectivity index (χ3n) is 6.92. The molecule has 0 bridgehead atoms. The number of rotatable bonds is 3. The van der Waals surface area contributed by atoms with Crippen LogP contribution in [0, 0.1) is 11.4 Å². The quantitative estimate of drug-likeness (QED) is 0.416. The number of amidine groups is 1. The number of aromatic nitrogens is 1. The first kappa shape index (κ1) is 25.3. The van der Waals surface area contributed by atoms with Crippen molar-refractivity contribution in [3.05, 3.63) is 84.4 Å². The standard InChI is InChI=1S/C29H31FN4O2S/c1-27(2,3)36-26(35)32-25-33-29(21-11-8-10-20(16-21)23-14-9-15-31-24(23)30)18-34(17-28(29,4)19-37-25)22-12-6-5-7-13-22/h5-16H,17-19H2,1-4H3,(H,32,33,35). The van der Waals surface area contributed by atoms with Gasteiger partial charge in [0.05, 0.1) is 0 Å². The maximum Gasteiger partial charge on any atom is 0.413 e. The number of carbonyl (C=O) groups is 1. The fourth-order valence-electron chi connectivity index (χ4n) is 5.17. The molecule has 2 atom stereocenters. The van der Waals surface area contributed by atoms with Crippen LogP contribution in [0.2, 0.25) is 0 Å². The highest BCUT2D eigenvalue weighted by atomic mass is 32.2. The lowest BCUT2D eigenvalue weighted by molar-refractivity contribution is 0.0563. The molecule has 1 N–H and O–H groups in total. The smallest absolute Gasteiger partial charge is 0.413 e. The zero-order valence-electron chi connectivity index (χ0n) is 21.5. The summed E-state index contributed by atoms with van der Waals surface area (Å²) >= 11 is 1.53. The number of ether oxygens (including phenoxy) is 1. The molecule has 37 heavy (non-hydrogen) atoms. The molecule has 2 aliphatic heterocycles. The molecule has 3 heterocycles. The van der Waals surface area contributed by atoms with Crippen LogP contribution >= 0.6 is 11.8 Å². The summed E-state index contributed by atoms with van der Waals surface area (Å²) < 4.78 is 20.1. The summed E-state index contributed by atoms with van der Waals surface area (Å²) in [6.07, 6.45) is 0.923. The Morgan fingerprint density at radius 1 is 1.08 bits per heavy atom. The molecule has 192 valence electrons. The van der Waals surface area contributed by atoms with Crippen molar-refractivity contribution in [2.24, 2.45) is 10.4 Å². The number of alkyl carbamates (subject to hydrolysis) is 1. The van der Waals surface area contributed by atoms with Gasteiger partial charge < -0.3 is 9.64 Å². The van der Waals surface area contributed by atoms with Crippen molar-refractivity contribution in [2.75, 3.05) is 23.7 Å². The summed E-state index contributed by atoms with van der Waals surface area (Å²) in [7, 11) is 0. The summed E-state index contributed by atoms with van der Waals surface area (Å²) in [5.74, 6) is 0.239. The molecule has 1 saturated heterocycles. The number of carbonyl (C=O) groups excluding carboxylic acids is 1. The van der Waals surface area contributed by atoms with Crippen LogP contribution in [-0.2, 0) is 10.3 Å².